The smallest absolute Gasteiger partial charge is 0.133 e. The molecule has 2 N–H and O–H groups in total. The highest BCUT2D eigenvalue weighted by molar-refractivity contribution is 5.48. The van der Waals surface area contributed by atoms with Gasteiger partial charge in [0, 0.05) is 24.6 Å². The molecule has 3 aromatic rings. The minimum absolute atomic E-state index is 0.235. The van der Waals surface area contributed by atoms with E-state index in [1.54, 1.807) is 6.26 Å². The number of nitrogens with one attached hydrogen (secondary N) is 2. The van der Waals surface area contributed by atoms with Gasteiger partial charge in [0.2, 0.25) is 0 Å². The summed E-state index contributed by atoms with van der Waals surface area (Å²) in [6.45, 7) is 4.59. The quantitative estimate of drug-likeness (QED) is 0.712. The van der Waals surface area contributed by atoms with Crippen LogP contribution in [0, 0.1) is 6.92 Å². The molecule has 0 saturated carbocycles. The molecule has 2 aromatic heterocycles. The van der Waals surface area contributed by atoms with E-state index in [9.17, 15) is 0 Å². The molecule has 0 aliphatic carbocycles. The van der Waals surface area contributed by atoms with Crippen molar-refractivity contribution in [1.82, 2.24) is 15.3 Å². The number of rotatable bonds is 6. The molecule has 0 unspecified atom stereocenters. The number of aryl methyl sites for hydroxylation is 1. The Balaban J connectivity index is 1.50. The summed E-state index contributed by atoms with van der Waals surface area (Å²) in [6, 6.07) is 14.5. The van der Waals surface area contributed by atoms with Crippen molar-refractivity contribution < 1.29 is 4.42 Å². The minimum atomic E-state index is 0.235. The number of hydrogen-bond acceptors (Lipinski definition) is 5. The van der Waals surface area contributed by atoms with Crippen molar-refractivity contribution in [2.75, 3.05) is 18.4 Å². The molecule has 4 rings (SSSR count). The molecule has 0 saturated heterocycles. The van der Waals surface area contributed by atoms with Gasteiger partial charge in [-0.2, -0.15) is 0 Å². The van der Waals surface area contributed by atoms with Crippen LogP contribution in [0.25, 0.3) is 0 Å². The summed E-state index contributed by atoms with van der Waals surface area (Å²) in [5, 5.41) is 6.93. The van der Waals surface area contributed by atoms with Crippen molar-refractivity contribution >= 4 is 5.82 Å². The van der Waals surface area contributed by atoms with Crippen molar-refractivity contribution in [3.8, 4) is 0 Å². The average molecular weight is 348 g/mol. The van der Waals surface area contributed by atoms with Crippen LogP contribution in [-0.4, -0.2) is 23.1 Å². The fourth-order valence-electron chi connectivity index (χ4n) is 3.61. The number of furan rings is 1. The Morgan fingerprint density at radius 1 is 1.15 bits per heavy atom. The van der Waals surface area contributed by atoms with E-state index in [2.05, 4.69) is 50.9 Å². The van der Waals surface area contributed by atoms with Crippen molar-refractivity contribution in [1.29, 1.82) is 0 Å². The molecule has 1 aromatic carbocycles. The van der Waals surface area contributed by atoms with Gasteiger partial charge >= 0.3 is 0 Å². The van der Waals surface area contributed by atoms with Gasteiger partial charge in [0.15, 0.2) is 0 Å². The molecule has 134 valence electrons. The monoisotopic (exact) mass is 348 g/mol. The third-order valence-electron chi connectivity index (χ3n) is 4.86. The van der Waals surface area contributed by atoms with E-state index < -0.39 is 0 Å². The van der Waals surface area contributed by atoms with Gasteiger partial charge in [0.1, 0.15) is 17.4 Å². The Bertz CT molecular complexity index is 846. The highest BCUT2D eigenvalue weighted by Crippen LogP contribution is 2.28. The van der Waals surface area contributed by atoms with E-state index >= 15 is 0 Å². The molecule has 0 radical (unpaired) electrons. The molecule has 1 aliphatic rings. The fourth-order valence-corrected chi connectivity index (χ4v) is 3.61. The second kappa shape index (κ2) is 7.70. The third kappa shape index (κ3) is 3.63. The molecular weight excluding hydrogens is 324 g/mol. The van der Waals surface area contributed by atoms with Crippen molar-refractivity contribution in [2.45, 2.75) is 32.2 Å². The maximum absolute atomic E-state index is 5.70. The molecule has 0 fully saturated rings. The second-order valence-corrected chi connectivity index (χ2v) is 6.67. The Kier molecular flexibility index (Phi) is 4.97. The van der Waals surface area contributed by atoms with Gasteiger partial charge in [0.25, 0.3) is 0 Å². The SMILES string of the molecule is Cc1nc2c(c(NCC[C@H](c3ccccc3)c3ccco3)n1)CCNC2. The molecular formula is C21H24N4O. The lowest BCUT2D eigenvalue weighted by Crippen LogP contribution is -2.27. The van der Waals surface area contributed by atoms with E-state index in [0.717, 1.165) is 55.6 Å². The number of benzene rings is 1. The van der Waals surface area contributed by atoms with Crippen LogP contribution >= 0.6 is 0 Å². The molecule has 3 heterocycles. The lowest BCUT2D eigenvalue weighted by Gasteiger charge is -2.21. The van der Waals surface area contributed by atoms with Crippen molar-refractivity contribution in [3.63, 3.8) is 0 Å². The van der Waals surface area contributed by atoms with Crippen LogP contribution in [0.3, 0.4) is 0 Å². The number of nitrogens with zero attached hydrogens (tertiary/aromatic N) is 2. The molecule has 5 heteroatoms. The van der Waals surface area contributed by atoms with Gasteiger partial charge in [-0.15, -0.1) is 0 Å². The van der Waals surface area contributed by atoms with Crippen molar-refractivity contribution in [2.24, 2.45) is 0 Å². The van der Waals surface area contributed by atoms with Crippen LogP contribution in [0.5, 0.6) is 0 Å². The second-order valence-electron chi connectivity index (χ2n) is 6.67. The summed E-state index contributed by atoms with van der Waals surface area (Å²) in [7, 11) is 0. The number of anilines is 1. The predicted molar refractivity (Wildman–Crippen MR) is 102 cm³/mol. The fraction of sp³-hybridized carbons (Fsp3) is 0.333. The Morgan fingerprint density at radius 3 is 2.85 bits per heavy atom. The molecule has 26 heavy (non-hydrogen) atoms. The van der Waals surface area contributed by atoms with Gasteiger partial charge in [-0.25, -0.2) is 9.97 Å². The van der Waals surface area contributed by atoms with Gasteiger partial charge in [-0.05, 0) is 44.0 Å². The number of hydrogen-bond donors (Lipinski definition) is 2. The number of fused-ring (bicyclic) bond motifs is 1. The maximum Gasteiger partial charge on any atom is 0.133 e. The van der Waals surface area contributed by atoms with Gasteiger partial charge in [0.05, 0.1) is 12.0 Å². The first-order chi connectivity index (χ1) is 12.8. The zero-order valence-electron chi connectivity index (χ0n) is 15.0. The van der Waals surface area contributed by atoms with E-state index in [4.69, 9.17) is 4.42 Å². The zero-order chi connectivity index (χ0) is 17.8. The third-order valence-corrected chi connectivity index (χ3v) is 4.86. The molecule has 0 amide bonds. The lowest BCUT2D eigenvalue weighted by atomic mass is 9.93. The van der Waals surface area contributed by atoms with Crippen LogP contribution in [0.2, 0.25) is 0 Å². The zero-order valence-corrected chi connectivity index (χ0v) is 15.0. The van der Waals surface area contributed by atoms with Crippen LogP contribution in [-0.2, 0) is 13.0 Å². The minimum Gasteiger partial charge on any atom is -0.469 e. The van der Waals surface area contributed by atoms with Gasteiger partial charge in [-0.3, -0.25) is 0 Å². The first-order valence-corrected chi connectivity index (χ1v) is 9.20. The predicted octanol–water partition coefficient (Wildman–Crippen LogP) is 3.66. The Labute approximate surface area is 153 Å². The Morgan fingerprint density at radius 2 is 2.04 bits per heavy atom. The summed E-state index contributed by atoms with van der Waals surface area (Å²) in [4.78, 5) is 9.22. The van der Waals surface area contributed by atoms with Gasteiger partial charge < -0.3 is 15.1 Å². The van der Waals surface area contributed by atoms with E-state index in [1.165, 1.54) is 11.1 Å². The molecule has 0 spiro atoms. The van der Waals surface area contributed by atoms with Crippen LogP contribution in [0.15, 0.2) is 53.1 Å². The topological polar surface area (TPSA) is 63.0 Å². The van der Waals surface area contributed by atoms with Crippen LogP contribution in [0.4, 0.5) is 5.82 Å². The Hall–Kier alpha value is -2.66. The average Bonchev–Trinajstić information content (AvgIpc) is 3.20. The summed E-state index contributed by atoms with van der Waals surface area (Å²) in [5.74, 6) is 3.04. The maximum atomic E-state index is 5.70. The highest BCUT2D eigenvalue weighted by Gasteiger charge is 2.19. The van der Waals surface area contributed by atoms with Gasteiger partial charge in [-0.1, -0.05) is 30.3 Å². The number of aromatic nitrogens is 2. The first kappa shape index (κ1) is 16.8. The highest BCUT2D eigenvalue weighted by atomic mass is 16.3. The standard InChI is InChI=1S/C21H24N4O/c1-15-24-19-14-22-11-9-18(19)21(25-15)23-12-10-17(20-8-5-13-26-20)16-6-3-2-4-7-16/h2-8,13,17,22H,9-12,14H2,1H3,(H,23,24,25)/t17-/m1/s1. The molecule has 1 atom stereocenters. The van der Waals surface area contributed by atoms with Crippen LogP contribution < -0.4 is 10.6 Å². The summed E-state index contributed by atoms with van der Waals surface area (Å²) >= 11 is 0. The van der Waals surface area contributed by atoms with E-state index in [-0.39, 0.29) is 5.92 Å². The van der Waals surface area contributed by atoms with E-state index in [0.29, 0.717) is 0 Å². The largest absolute Gasteiger partial charge is 0.469 e. The summed E-state index contributed by atoms with van der Waals surface area (Å²) in [6.07, 6.45) is 3.65. The van der Waals surface area contributed by atoms with E-state index in [1.807, 2.05) is 19.1 Å². The summed E-state index contributed by atoms with van der Waals surface area (Å²) in [5.41, 5.74) is 3.65. The summed E-state index contributed by atoms with van der Waals surface area (Å²) < 4.78 is 5.70. The normalized spacial score (nSPS) is 14.7. The molecule has 1 aliphatic heterocycles. The first-order valence-electron chi connectivity index (χ1n) is 9.20. The van der Waals surface area contributed by atoms with Crippen molar-refractivity contribution in [3.05, 3.63) is 77.1 Å². The molecule has 5 nitrogen and oxygen atoms in total. The van der Waals surface area contributed by atoms with Crippen LogP contribution in [0.1, 0.15) is 40.7 Å². The molecule has 0 bridgehead atoms. The lowest BCUT2D eigenvalue weighted by molar-refractivity contribution is 0.477.